The number of nitrogens with zero attached hydrogens (tertiary/aromatic N) is 4. The average Bonchev–Trinajstić information content (AvgIpc) is 3.19. The summed E-state index contributed by atoms with van der Waals surface area (Å²) in [6.07, 6.45) is 5.97. The zero-order valence-corrected chi connectivity index (χ0v) is 14.1. The highest BCUT2D eigenvalue weighted by Crippen LogP contribution is 2.54. The van der Waals surface area contributed by atoms with Gasteiger partial charge in [-0.1, -0.05) is 0 Å². The van der Waals surface area contributed by atoms with Crippen LogP contribution in [0.3, 0.4) is 0 Å². The highest BCUT2D eigenvalue weighted by Gasteiger charge is 2.55. The summed E-state index contributed by atoms with van der Waals surface area (Å²) in [5.41, 5.74) is 1.60. The van der Waals surface area contributed by atoms with Crippen LogP contribution >= 0.6 is 0 Å². The van der Waals surface area contributed by atoms with Gasteiger partial charge in [-0.3, -0.25) is 0 Å². The summed E-state index contributed by atoms with van der Waals surface area (Å²) in [4.78, 5) is 6.32. The van der Waals surface area contributed by atoms with Crippen LogP contribution in [0.1, 0.15) is 25.3 Å². The Morgan fingerprint density at radius 3 is 2.83 bits per heavy atom. The molecule has 0 aromatic carbocycles. The van der Waals surface area contributed by atoms with E-state index in [2.05, 4.69) is 21.9 Å². The zero-order chi connectivity index (χ0) is 16.2. The predicted molar refractivity (Wildman–Crippen MR) is 86.4 cm³/mol. The molecule has 124 valence electrons. The largest absolute Gasteiger partial charge is 0.377 e. The topological polar surface area (TPSA) is 76.8 Å². The summed E-state index contributed by atoms with van der Waals surface area (Å²) in [5.74, 6) is 0.788. The molecule has 1 aliphatic heterocycles. The Hall–Kier alpha value is -1.67. The van der Waals surface area contributed by atoms with Gasteiger partial charge in [0.15, 0.2) is 9.84 Å². The quantitative estimate of drug-likeness (QED) is 0.832. The van der Waals surface area contributed by atoms with Crippen molar-refractivity contribution >= 4 is 21.2 Å². The summed E-state index contributed by atoms with van der Waals surface area (Å²) < 4.78 is 31.1. The van der Waals surface area contributed by atoms with Crippen LogP contribution in [0.15, 0.2) is 18.6 Å². The molecule has 1 saturated carbocycles. The first kappa shape index (κ1) is 14.9. The number of aromatic nitrogens is 3. The molecule has 1 saturated heterocycles. The van der Waals surface area contributed by atoms with Crippen molar-refractivity contribution in [2.24, 2.45) is 0 Å². The maximum atomic E-state index is 12.3. The molecule has 0 bridgehead atoms. The first-order chi connectivity index (χ1) is 10.9. The molecule has 7 nitrogen and oxygen atoms in total. The third-order valence-electron chi connectivity index (χ3n) is 4.95. The monoisotopic (exact) mass is 336 g/mol. The van der Waals surface area contributed by atoms with Crippen LogP contribution in [0.2, 0.25) is 0 Å². The second-order valence-corrected chi connectivity index (χ2v) is 8.85. The molecule has 2 aromatic rings. The molecule has 3 heterocycles. The van der Waals surface area contributed by atoms with Crippen molar-refractivity contribution in [1.82, 2.24) is 14.6 Å². The van der Waals surface area contributed by atoms with Crippen LogP contribution in [-0.2, 0) is 19.3 Å². The smallest absolute Gasteiger partial charge is 0.157 e. The number of fused-ring (bicyclic) bond motifs is 1. The van der Waals surface area contributed by atoms with E-state index in [4.69, 9.17) is 4.74 Å². The van der Waals surface area contributed by atoms with Gasteiger partial charge in [0.05, 0.1) is 35.7 Å². The van der Waals surface area contributed by atoms with Crippen LogP contribution in [0.4, 0.5) is 5.82 Å². The van der Waals surface area contributed by atoms with Crippen molar-refractivity contribution in [3.63, 3.8) is 0 Å². The molecule has 2 aromatic heterocycles. The van der Waals surface area contributed by atoms with Crippen molar-refractivity contribution < 1.29 is 13.2 Å². The van der Waals surface area contributed by atoms with Crippen LogP contribution in [0, 0.1) is 0 Å². The minimum atomic E-state index is -3.19. The maximum absolute atomic E-state index is 12.3. The summed E-state index contributed by atoms with van der Waals surface area (Å²) >= 11 is 0. The van der Waals surface area contributed by atoms with E-state index in [1.54, 1.807) is 17.0 Å². The van der Waals surface area contributed by atoms with Gasteiger partial charge < -0.3 is 9.64 Å². The molecule has 2 aliphatic rings. The maximum Gasteiger partial charge on any atom is 0.157 e. The van der Waals surface area contributed by atoms with E-state index in [0.29, 0.717) is 26.1 Å². The van der Waals surface area contributed by atoms with Crippen molar-refractivity contribution in [2.45, 2.75) is 30.6 Å². The van der Waals surface area contributed by atoms with Gasteiger partial charge in [0.2, 0.25) is 0 Å². The van der Waals surface area contributed by atoms with E-state index < -0.39 is 14.6 Å². The number of anilines is 1. The summed E-state index contributed by atoms with van der Waals surface area (Å²) in [6, 6.07) is 2.14. The van der Waals surface area contributed by atoms with Crippen LogP contribution in [0.5, 0.6) is 0 Å². The molecule has 2 fully saturated rings. The van der Waals surface area contributed by atoms with Crippen LogP contribution in [0.25, 0.3) is 5.52 Å². The number of sulfone groups is 1. The number of morpholine rings is 1. The van der Waals surface area contributed by atoms with Crippen molar-refractivity contribution in [2.75, 3.05) is 30.9 Å². The molecule has 0 N–H and O–H groups in total. The van der Waals surface area contributed by atoms with Crippen molar-refractivity contribution in [3.8, 4) is 0 Å². The minimum absolute atomic E-state index is 0.207. The Kier molecular flexibility index (Phi) is 3.18. The van der Waals surface area contributed by atoms with Crippen molar-refractivity contribution in [3.05, 3.63) is 24.2 Å². The molecule has 8 heteroatoms. The van der Waals surface area contributed by atoms with E-state index in [0.717, 1.165) is 23.4 Å². The van der Waals surface area contributed by atoms with Crippen LogP contribution in [-0.4, -0.2) is 55.1 Å². The standard InChI is InChI=1S/C15H20N4O3S/c1-11-9-22-6-5-18(11)14-7-12(13-8-16-10-19(13)17-14)15(3-4-15)23(2,20)21/h7-8,10-11H,3-6,9H2,1-2H3. The van der Waals surface area contributed by atoms with E-state index in [1.165, 1.54) is 6.26 Å². The molecule has 1 aliphatic carbocycles. The van der Waals surface area contributed by atoms with Crippen molar-refractivity contribution in [1.29, 1.82) is 0 Å². The lowest BCUT2D eigenvalue weighted by atomic mass is 10.1. The number of ether oxygens (including phenoxy) is 1. The Morgan fingerprint density at radius 2 is 2.17 bits per heavy atom. The Bertz CT molecular complexity index is 857. The third-order valence-corrected chi connectivity index (χ3v) is 6.99. The molecule has 4 rings (SSSR count). The molecular weight excluding hydrogens is 316 g/mol. The Morgan fingerprint density at radius 1 is 1.39 bits per heavy atom. The van der Waals surface area contributed by atoms with Gasteiger partial charge in [-0.2, -0.15) is 0 Å². The molecule has 1 unspecified atom stereocenters. The number of hydrogen-bond donors (Lipinski definition) is 0. The SMILES string of the molecule is CC1COCCN1c1cc(C2(S(C)(=O)=O)CC2)c2cncn2n1. The van der Waals surface area contributed by atoms with Crippen LogP contribution < -0.4 is 4.90 Å². The normalized spacial score (nSPS) is 24.1. The fourth-order valence-electron chi connectivity index (χ4n) is 3.43. The summed E-state index contributed by atoms with van der Waals surface area (Å²) in [6.45, 7) is 4.14. The molecule has 0 spiro atoms. The van der Waals surface area contributed by atoms with Gasteiger partial charge in [0, 0.05) is 18.4 Å². The Balaban J connectivity index is 1.89. The number of rotatable bonds is 3. The first-order valence-corrected chi connectivity index (χ1v) is 9.69. The molecule has 0 radical (unpaired) electrons. The van der Waals surface area contributed by atoms with E-state index >= 15 is 0 Å². The summed E-state index contributed by atoms with van der Waals surface area (Å²) in [5, 5.41) is 4.62. The van der Waals surface area contributed by atoms with E-state index in [-0.39, 0.29) is 6.04 Å². The zero-order valence-electron chi connectivity index (χ0n) is 13.3. The highest BCUT2D eigenvalue weighted by molar-refractivity contribution is 7.92. The highest BCUT2D eigenvalue weighted by atomic mass is 32.2. The second-order valence-electron chi connectivity index (χ2n) is 6.52. The van der Waals surface area contributed by atoms with Gasteiger partial charge in [0.25, 0.3) is 0 Å². The fourth-order valence-corrected chi connectivity index (χ4v) is 4.84. The molecular formula is C15H20N4O3S. The number of hydrogen-bond acceptors (Lipinski definition) is 6. The Labute approximate surface area is 135 Å². The van der Waals surface area contributed by atoms with Gasteiger partial charge in [-0.15, -0.1) is 5.10 Å². The second kappa shape index (κ2) is 4.91. The lowest BCUT2D eigenvalue weighted by molar-refractivity contribution is 0.0984. The van der Waals surface area contributed by atoms with Gasteiger partial charge in [-0.25, -0.2) is 17.9 Å². The lowest BCUT2D eigenvalue weighted by Gasteiger charge is -2.34. The first-order valence-electron chi connectivity index (χ1n) is 7.80. The van der Waals surface area contributed by atoms with E-state index in [1.807, 2.05) is 6.07 Å². The fraction of sp³-hybridized carbons (Fsp3) is 0.600. The molecule has 1 atom stereocenters. The lowest BCUT2D eigenvalue weighted by Crippen LogP contribution is -2.44. The average molecular weight is 336 g/mol. The van der Waals surface area contributed by atoms with E-state index in [9.17, 15) is 8.42 Å². The van der Waals surface area contributed by atoms with Gasteiger partial charge in [0.1, 0.15) is 12.1 Å². The molecule has 23 heavy (non-hydrogen) atoms. The predicted octanol–water partition coefficient (Wildman–Crippen LogP) is 0.988. The van der Waals surface area contributed by atoms with Gasteiger partial charge in [-0.05, 0) is 25.8 Å². The molecule has 0 amide bonds. The summed E-state index contributed by atoms with van der Waals surface area (Å²) in [7, 11) is -3.19. The minimum Gasteiger partial charge on any atom is -0.377 e. The van der Waals surface area contributed by atoms with Gasteiger partial charge >= 0.3 is 0 Å². The number of imidazole rings is 1. The third kappa shape index (κ3) is 2.23.